The van der Waals surface area contributed by atoms with Gasteiger partial charge in [-0.3, -0.25) is 9.59 Å². The Bertz CT molecular complexity index is 413. The van der Waals surface area contributed by atoms with Crippen LogP contribution in [0.15, 0.2) is 30.3 Å². The molecule has 0 atom stereocenters. The lowest BCUT2D eigenvalue weighted by atomic mass is 10.0. The van der Waals surface area contributed by atoms with Gasteiger partial charge >= 0.3 is 0 Å². The predicted octanol–water partition coefficient (Wildman–Crippen LogP) is 2.20. The molecule has 0 aliphatic rings. The summed E-state index contributed by atoms with van der Waals surface area (Å²) in [4.78, 5) is 25.3. The van der Waals surface area contributed by atoms with E-state index < -0.39 is 0 Å². The smallest absolute Gasteiger partial charge is 0.246 e. The fourth-order valence-electron chi connectivity index (χ4n) is 1.88. The number of carbonyl (C=O) groups excluding carboxylic acids is 2. The normalized spacial score (nSPS) is 10.3. The number of anilines is 1. The van der Waals surface area contributed by atoms with Crippen LogP contribution in [0.1, 0.15) is 26.7 Å². The van der Waals surface area contributed by atoms with Crippen molar-refractivity contribution in [2.75, 3.05) is 18.5 Å². The Hall–Kier alpha value is -1.84. The molecule has 0 aromatic heterocycles. The number of para-hydroxylation sites is 1. The minimum atomic E-state index is -0.120. The number of hydrogen-bond donors (Lipinski definition) is 1. The average molecular weight is 262 g/mol. The lowest BCUT2D eigenvalue weighted by Gasteiger charge is -2.18. The van der Waals surface area contributed by atoms with Gasteiger partial charge in [-0.2, -0.15) is 0 Å². The maximum Gasteiger partial charge on any atom is 0.246 e. The molecule has 104 valence electrons. The number of nitrogens with zero attached hydrogens (tertiary/aromatic N) is 1. The highest BCUT2D eigenvalue weighted by Gasteiger charge is 2.16. The van der Waals surface area contributed by atoms with Crippen LogP contribution in [-0.2, 0) is 9.59 Å². The van der Waals surface area contributed by atoms with Crippen molar-refractivity contribution in [2.45, 2.75) is 26.7 Å². The van der Waals surface area contributed by atoms with Crippen LogP contribution in [0.2, 0.25) is 0 Å². The molecular weight excluding hydrogens is 240 g/mol. The third-order valence-electron chi connectivity index (χ3n) is 3.29. The van der Waals surface area contributed by atoms with Crippen LogP contribution in [0, 0.1) is 5.92 Å². The monoisotopic (exact) mass is 262 g/mol. The van der Waals surface area contributed by atoms with Crippen molar-refractivity contribution in [2.24, 2.45) is 5.92 Å². The minimum absolute atomic E-state index is 0.00479. The Balaban J connectivity index is 2.50. The van der Waals surface area contributed by atoms with Crippen molar-refractivity contribution >= 4 is 17.5 Å². The van der Waals surface area contributed by atoms with E-state index in [0.717, 1.165) is 18.5 Å². The molecule has 0 unspecified atom stereocenters. The van der Waals surface area contributed by atoms with Crippen LogP contribution >= 0.6 is 0 Å². The maximum absolute atomic E-state index is 12.0. The third kappa shape index (κ3) is 4.39. The van der Waals surface area contributed by atoms with Gasteiger partial charge < -0.3 is 10.2 Å². The van der Waals surface area contributed by atoms with Gasteiger partial charge in [0, 0.05) is 18.7 Å². The first kappa shape index (κ1) is 15.2. The topological polar surface area (TPSA) is 49.4 Å². The van der Waals surface area contributed by atoms with Gasteiger partial charge in [0.25, 0.3) is 0 Å². The summed E-state index contributed by atoms with van der Waals surface area (Å²) in [6.07, 6.45) is 1.59. The van der Waals surface area contributed by atoms with E-state index in [0.29, 0.717) is 0 Å². The third-order valence-corrected chi connectivity index (χ3v) is 3.29. The lowest BCUT2D eigenvalue weighted by Crippen LogP contribution is -2.40. The number of carbonyl (C=O) groups is 2. The van der Waals surface area contributed by atoms with E-state index in [1.165, 1.54) is 0 Å². The molecule has 4 nitrogen and oxygen atoms in total. The van der Waals surface area contributed by atoms with E-state index in [1.807, 2.05) is 44.2 Å². The lowest BCUT2D eigenvalue weighted by molar-refractivity contribution is -0.127. The van der Waals surface area contributed by atoms with Gasteiger partial charge in [0.1, 0.15) is 0 Å². The van der Waals surface area contributed by atoms with Crippen LogP contribution in [0.4, 0.5) is 5.69 Å². The Morgan fingerprint density at radius 2 is 1.74 bits per heavy atom. The Morgan fingerprint density at radius 3 is 2.26 bits per heavy atom. The van der Waals surface area contributed by atoms with Crippen LogP contribution in [0.3, 0.4) is 0 Å². The molecule has 0 bridgehead atoms. The molecule has 19 heavy (non-hydrogen) atoms. The zero-order valence-electron chi connectivity index (χ0n) is 11.8. The largest absolute Gasteiger partial charge is 0.347 e. The van der Waals surface area contributed by atoms with Crippen LogP contribution < -0.4 is 10.2 Å². The van der Waals surface area contributed by atoms with Crippen molar-refractivity contribution < 1.29 is 9.59 Å². The first-order chi connectivity index (χ1) is 9.10. The fourth-order valence-corrected chi connectivity index (χ4v) is 1.88. The van der Waals surface area contributed by atoms with Gasteiger partial charge in [0.15, 0.2) is 0 Å². The number of nitrogens with one attached hydrogen (secondary N) is 1. The molecule has 0 fully saturated rings. The Morgan fingerprint density at radius 1 is 1.16 bits per heavy atom. The second-order valence-corrected chi connectivity index (χ2v) is 4.52. The van der Waals surface area contributed by atoms with Crippen LogP contribution in [-0.4, -0.2) is 25.4 Å². The second kappa shape index (κ2) is 7.56. The summed E-state index contributed by atoms with van der Waals surface area (Å²) < 4.78 is 0. The molecular formula is C15H22N2O2. The minimum Gasteiger partial charge on any atom is -0.347 e. The molecule has 4 heteroatoms. The highest BCUT2D eigenvalue weighted by molar-refractivity contribution is 5.96. The van der Waals surface area contributed by atoms with E-state index in [1.54, 1.807) is 11.9 Å². The molecule has 0 radical (unpaired) electrons. The summed E-state index contributed by atoms with van der Waals surface area (Å²) >= 11 is 0. The molecule has 1 aromatic rings. The molecule has 0 saturated heterocycles. The van der Waals surface area contributed by atoms with Crippen molar-refractivity contribution in [1.82, 2.24) is 5.32 Å². The summed E-state index contributed by atoms with van der Waals surface area (Å²) in [6.45, 7) is 4.00. The quantitative estimate of drug-likeness (QED) is 0.854. The molecule has 0 heterocycles. The van der Waals surface area contributed by atoms with Crippen molar-refractivity contribution in [3.63, 3.8) is 0 Å². The average Bonchev–Trinajstić information content (AvgIpc) is 2.46. The Labute approximate surface area is 114 Å². The molecule has 0 aliphatic heterocycles. The number of hydrogen-bond acceptors (Lipinski definition) is 2. The maximum atomic E-state index is 12.0. The number of benzene rings is 1. The van der Waals surface area contributed by atoms with E-state index in [4.69, 9.17) is 0 Å². The van der Waals surface area contributed by atoms with E-state index in [-0.39, 0.29) is 24.3 Å². The van der Waals surface area contributed by atoms with Gasteiger partial charge in [-0.05, 0) is 25.0 Å². The molecule has 0 saturated carbocycles. The van der Waals surface area contributed by atoms with Gasteiger partial charge in [0.05, 0.1) is 6.54 Å². The Kier molecular flexibility index (Phi) is 6.06. The van der Waals surface area contributed by atoms with E-state index in [2.05, 4.69) is 5.32 Å². The molecule has 1 rings (SSSR count). The summed E-state index contributed by atoms with van der Waals surface area (Å²) in [5.41, 5.74) is 0.823. The van der Waals surface area contributed by atoms with Gasteiger partial charge in [-0.1, -0.05) is 32.0 Å². The predicted molar refractivity (Wildman–Crippen MR) is 76.9 cm³/mol. The van der Waals surface area contributed by atoms with E-state index >= 15 is 0 Å². The standard InChI is InChI=1S/C15H22N2O2/c1-4-12(5-2)15(19)16-11-14(18)17(3)13-9-7-6-8-10-13/h6-10,12H,4-5,11H2,1-3H3,(H,16,19). The van der Waals surface area contributed by atoms with Crippen molar-refractivity contribution in [3.8, 4) is 0 Å². The molecule has 0 aliphatic carbocycles. The van der Waals surface area contributed by atoms with Crippen molar-refractivity contribution in [3.05, 3.63) is 30.3 Å². The van der Waals surface area contributed by atoms with Crippen LogP contribution in [0.25, 0.3) is 0 Å². The SMILES string of the molecule is CCC(CC)C(=O)NCC(=O)N(C)c1ccccc1. The first-order valence-corrected chi connectivity index (χ1v) is 6.69. The fraction of sp³-hybridized carbons (Fsp3) is 0.467. The molecule has 0 spiro atoms. The first-order valence-electron chi connectivity index (χ1n) is 6.69. The summed E-state index contributed by atoms with van der Waals surface area (Å²) in [5, 5.41) is 2.70. The van der Waals surface area contributed by atoms with Crippen molar-refractivity contribution in [1.29, 1.82) is 0 Å². The number of rotatable bonds is 6. The van der Waals surface area contributed by atoms with E-state index in [9.17, 15) is 9.59 Å². The molecule has 1 N–H and O–H groups in total. The zero-order chi connectivity index (χ0) is 14.3. The highest BCUT2D eigenvalue weighted by atomic mass is 16.2. The molecule has 1 aromatic carbocycles. The van der Waals surface area contributed by atoms with Gasteiger partial charge in [-0.25, -0.2) is 0 Å². The number of amides is 2. The van der Waals surface area contributed by atoms with Crippen LogP contribution in [0.5, 0.6) is 0 Å². The molecule has 2 amide bonds. The summed E-state index contributed by atoms with van der Waals surface area (Å²) in [7, 11) is 1.71. The second-order valence-electron chi connectivity index (χ2n) is 4.52. The van der Waals surface area contributed by atoms with Gasteiger partial charge in [-0.15, -0.1) is 0 Å². The highest BCUT2D eigenvalue weighted by Crippen LogP contribution is 2.11. The van der Waals surface area contributed by atoms with Gasteiger partial charge in [0.2, 0.25) is 11.8 Å². The zero-order valence-corrected chi connectivity index (χ0v) is 11.8. The summed E-state index contributed by atoms with van der Waals surface area (Å²) in [6, 6.07) is 9.38. The number of likely N-dealkylation sites (N-methyl/N-ethyl adjacent to an activating group) is 1. The summed E-state index contributed by atoms with van der Waals surface area (Å²) in [5.74, 6) is -0.167.